The standard InChI is InChI=1S/C5H8F2O2/c1-2-9-5(8)4(7)3-6/h4H,2-3H2,1H3. The van der Waals surface area contributed by atoms with Crippen LogP contribution in [0.2, 0.25) is 0 Å². The van der Waals surface area contributed by atoms with Crippen molar-refractivity contribution in [3.8, 4) is 0 Å². The first-order chi connectivity index (χ1) is 4.22. The lowest BCUT2D eigenvalue weighted by molar-refractivity contribution is -0.149. The summed E-state index contributed by atoms with van der Waals surface area (Å²) in [4.78, 5) is 10.1. The van der Waals surface area contributed by atoms with E-state index in [9.17, 15) is 13.6 Å². The molecule has 2 nitrogen and oxygen atoms in total. The maximum absolute atomic E-state index is 11.9. The minimum atomic E-state index is -2.11. The number of ether oxygens (including phenoxy) is 1. The second kappa shape index (κ2) is 4.23. The lowest BCUT2D eigenvalue weighted by Crippen LogP contribution is -2.20. The Morgan fingerprint density at radius 1 is 1.78 bits per heavy atom. The van der Waals surface area contributed by atoms with E-state index in [4.69, 9.17) is 0 Å². The zero-order chi connectivity index (χ0) is 7.28. The fourth-order valence-corrected chi connectivity index (χ4v) is 0.296. The largest absolute Gasteiger partial charge is 0.464 e. The second-order valence-corrected chi connectivity index (χ2v) is 1.37. The molecule has 0 aliphatic carbocycles. The van der Waals surface area contributed by atoms with Crippen LogP contribution < -0.4 is 0 Å². The van der Waals surface area contributed by atoms with Crippen LogP contribution in [0.4, 0.5) is 8.78 Å². The zero-order valence-electron chi connectivity index (χ0n) is 5.06. The van der Waals surface area contributed by atoms with Crippen molar-refractivity contribution in [3.63, 3.8) is 0 Å². The van der Waals surface area contributed by atoms with E-state index in [0.29, 0.717) is 0 Å². The third kappa shape index (κ3) is 3.00. The molecule has 0 aromatic carbocycles. The van der Waals surface area contributed by atoms with E-state index in [1.807, 2.05) is 0 Å². The van der Waals surface area contributed by atoms with Crippen molar-refractivity contribution < 1.29 is 18.3 Å². The summed E-state index contributed by atoms with van der Waals surface area (Å²) >= 11 is 0. The number of halogens is 2. The van der Waals surface area contributed by atoms with Crippen molar-refractivity contribution in [1.82, 2.24) is 0 Å². The van der Waals surface area contributed by atoms with Crippen molar-refractivity contribution in [2.45, 2.75) is 13.1 Å². The Morgan fingerprint density at radius 3 is 2.67 bits per heavy atom. The number of rotatable bonds is 3. The Morgan fingerprint density at radius 2 is 2.33 bits per heavy atom. The molecular weight excluding hydrogens is 130 g/mol. The minimum absolute atomic E-state index is 0.0826. The molecule has 4 heteroatoms. The number of carbonyl (C=O) groups excluding carboxylic acids is 1. The first-order valence-electron chi connectivity index (χ1n) is 2.59. The smallest absolute Gasteiger partial charge is 0.343 e. The van der Waals surface area contributed by atoms with E-state index in [2.05, 4.69) is 4.74 Å². The summed E-state index contributed by atoms with van der Waals surface area (Å²) in [5.41, 5.74) is 0. The Kier molecular flexibility index (Phi) is 3.92. The first-order valence-corrected chi connectivity index (χ1v) is 2.59. The van der Waals surface area contributed by atoms with Gasteiger partial charge in [0.25, 0.3) is 0 Å². The predicted molar refractivity (Wildman–Crippen MR) is 27.5 cm³/mol. The summed E-state index contributed by atoms with van der Waals surface area (Å²) in [6, 6.07) is 0. The fourth-order valence-electron chi connectivity index (χ4n) is 0.296. The fraction of sp³-hybridized carbons (Fsp3) is 0.800. The van der Waals surface area contributed by atoms with Crippen LogP contribution in [0, 0.1) is 0 Å². The highest BCUT2D eigenvalue weighted by atomic mass is 19.2. The summed E-state index contributed by atoms with van der Waals surface area (Å²) in [5, 5.41) is 0. The molecule has 0 aliphatic rings. The van der Waals surface area contributed by atoms with Gasteiger partial charge in [0, 0.05) is 0 Å². The Labute approximate surface area is 51.8 Å². The summed E-state index contributed by atoms with van der Waals surface area (Å²) in [6.07, 6.45) is -2.11. The Bertz CT molecular complexity index is 95.0. The van der Waals surface area contributed by atoms with Gasteiger partial charge in [-0.3, -0.25) is 0 Å². The Balaban J connectivity index is 3.46. The van der Waals surface area contributed by atoms with Crippen molar-refractivity contribution in [2.75, 3.05) is 13.3 Å². The van der Waals surface area contributed by atoms with Gasteiger partial charge < -0.3 is 4.74 Å². The van der Waals surface area contributed by atoms with Gasteiger partial charge in [-0.15, -0.1) is 0 Å². The minimum Gasteiger partial charge on any atom is -0.464 e. The van der Waals surface area contributed by atoms with Crippen LogP contribution in [0.15, 0.2) is 0 Å². The molecule has 0 aromatic heterocycles. The maximum Gasteiger partial charge on any atom is 0.343 e. The lowest BCUT2D eigenvalue weighted by Gasteiger charge is -2.01. The molecule has 0 aromatic rings. The number of hydrogen-bond donors (Lipinski definition) is 0. The zero-order valence-corrected chi connectivity index (χ0v) is 5.06. The number of alkyl halides is 2. The van der Waals surface area contributed by atoms with Gasteiger partial charge in [-0.1, -0.05) is 0 Å². The molecule has 0 spiro atoms. The van der Waals surface area contributed by atoms with Crippen LogP contribution in [-0.2, 0) is 9.53 Å². The molecule has 0 saturated heterocycles. The molecule has 1 atom stereocenters. The molecule has 54 valence electrons. The van der Waals surface area contributed by atoms with Crippen LogP contribution in [0.5, 0.6) is 0 Å². The maximum atomic E-state index is 11.9. The van der Waals surface area contributed by atoms with Crippen LogP contribution in [0.25, 0.3) is 0 Å². The van der Waals surface area contributed by atoms with E-state index in [1.165, 1.54) is 6.92 Å². The van der Waals surface area contributed by atoms with Crippen molar-refractivity contribution in [3.05, 3.63) is 0 Å². The van der Waals surface area contributed by atoms with Gasteiger partial charge in [0.05, 0.1) is 6.61 Å². The molecule has 0 N–H and O–H groups in total. The number of hydrogen-bond acceptors (Lipinski definition) is 2. The van der Waals surface area contributed by atoms with E-state index >= 15 is 0 Å². The topological polar surface area (TPSA) is 26.3 Å². The van der Waals surface area contributed by atoms with Gasteiger partial charge in [0.15, 0.2) is 0 Å². The highest BCUT2D eigenvalue weighted by molar-refractivity contribution is 5.74. The van der Waals surface area contributed by atoms with Gasteiger partial charge in [0.2, 0.25) is 6.17 Å². The number of esters is 1. The average molecular weight is 138 g/mol. The molecule has 0 rings (SSSR count). The highest BCUT2D eigenvalue weighted by Gasteiger charge is 2.16. The van der Waals surface area contributed by atoms with Gasteiger partial charge in [-0.25, -0.2) is 13.6 Å². The summed E-state index contributed by atoms with van der Waals surface area (Å²) < 4.78 is 27.3. The van der Waals surface area contributed by atoms with Gasteiger partial charge >= 0.3 is 5.97 Å². The number of carbonyl (C=O) groups is 1. The lowest BCUT2D eigenvalue weighted by atomic mass is 10.4. The highest BCUT2D eigenvalue weighted by Crippen LogP contribution is 1.94. The van der Waals surface area contributed by atoms with Crippen LogP contribution in [0.1, 0.15) is 6.92 Å². The molecular formula is C5H8F2O2. The molecule has 0 saturated carbocycles. The van der Waals surface area contributed by atoms with Crippen LogP contribution in [-0.4, -0.2) is 25.4 Å². The molecule has 0 aliphatic heterocycles. The quantitative estimate of drug-likeness (QED) is 0.540. The van der Waals surface area contributed by atoms with Crippen molar-refractivity contribution >= 4 is 5.97 Å². The van der Waals surface area contributed by atoms with Crippen molar-refractivity contribution in [2.24, 2.45) is 0 Å². The van der Waals surface area contributed by atoms with Crippen LogP contribution in [0.3, 0.4) is 0 Å². The van der Waals surface area contributed by atoms with Crippen LogP contribution >= 0.6 is 0 Å². The van der Waals surface area contributed by atoms with E-state index in [-0.39, 0.29) is 6.61 Å². The molecule has 0 radical (unpaired) electrons. The van der Waals surface area contributed by atoms with Gasteiger partial charge in [-0.2, -0.15) is 0 Å². The van der Waals surface area contributed by atoms with E-state index in [1.54, 1.807) is 0 Å². The molecule has 9 heavy (non-hydrogen) atoms. The monoisotopic (exact) mass is 138 g/mol. The molecule has 0 bridgehead atoms. The van der Waals surface area contributed by atoms with E-state index < -0.39 is 18.8 Å². The average Bonchev–Trinajstić information content (AvgIpc) is 1.87. The second-order valence-electron chi connectivity index (χ2n) is 1.37. The van der Waals surface area contributed by atoms with Gasteiger partial charge in [0.1, 0.15) is 6.67 Å². The predicted octanol–water partition coefficient (Wildman–Crippen LogP) is 0.857. The molecule has 0 amide bonds. The Hall–Kier alpha value is -0.670. The third-order valence-corrected chi connectivity index (χ3v) is 0.678. The first kappa shape index (κ1) is 8.33. The summed E-state index contributed by atoms with van der Waals surface area (Å²) in [6.45, 7) is 0.306. The van der Waals surface area contributed by atoms with Gasteiger partial charge in [-0.05, 0) is 6.92 Å². The summed E-state index contributed by atoms with van der Waals surface area (Å²) in [5.74, 6) is -1.12. The SMILES string of the molecule is CCOC(=O)C(F)CF. The van der Waals surface area contributed by atoms with E-state index in [0.717, 1.165) is 0 Å². The molecule has 1 unspecified atom stereocenters. The normalized spacial score (nSPS) is 12.8. The molecule has 0 fully saturated rings. The third-order valence-electron chi connectivity index (χ3n) is 0.678. The summed E-state index contributed by atoms with van der Waals surface area (Å²) in [7, 11) is 0. The van der Waals surface area contributed by atoms with Crippen molar-refractivity contribution in [1.29, 1.82) is 0 Å². The molecule has 0 heterocycles.